The topological polar surface area (TPSA) is 58.0 Å². The summed E-state index contributed by atoms with van der Waals surface area (Å²) in [4.78, 5) is 10.1. The molecule has 1 aliphatic heterocycles. The van der Waals surface area contributed by atoms with E-state index in [1.54, 1.807) is 29.3 Å². The molecule has 5 rings (SSSR count). The molecule has 1 atom stereocenters. The number of hydrogen-bond donors (Lipinski definition) is 2. The average Bonchev–Trinajstić information content (AvgIpc) is 3.15. The van der Waals surface area contributed by atoms with E-state index in [9.17, 15) is 5.11 Å². The Labute approximate surface area is 165 Å². The quantitative estimate of drug-likeness (QED) is 0.459. The second kappa shape index (κ2) is 5.67. The molecule has 0 spiro atoms. The van der Waals surface area contributed by atoms with Crippen LogP contribution < -0.4 is 5.32 Å². The summed E-state index contributed by atoms with van der Waals surface area (Å²) in [6.07, 6.45) is 1.81. The normalized spacial score (nSPS) is 20.9. The maximum atomic E-state index is 11.0. The van der Waals surface area contributed by atoms with E-state index in [-0.39, 0.29) is 4.75 Å². The summed E-state index contributed by atoms with van der Waals surface area (Å²) in [6, 6.07) is 12.4. The number of aliphatic hydroxyl groups is 1. The van der Waals surface area contributed by atoms with Gasteiger partial charge in [0.05, 0.1) is 21.2 Å². The van der Waals surface area contributed by atoms with Crippen molar-refractivity contribution in [2.75, 3.05) is 5.32 Å². The third-order valence-corrected chi connectivity index (χ3v) is 7.79. The molecule has 2 aromatic carbocycles. The van der Waals surface area contributed by atoms with Gasteiger partial charge in [-0.3, -0.25) is 4.98 Å². The molecule has 1 unspecified atom stereocenters. The number of thioether (sulfide) groups is 1. The van der Waals surface area contributed by atoms with Gasteiger partial charge in [0.2, 0.25) is 0 Å². The van der Waals surface area contributed by atoms with Gasteiger partial charge in [-0.25, -0.2) is 4.98 Å². The monoisotopic (exact) mass is 393 g/mol. The standard InChI is InChI=1S/C21H19N3OS2/c1-20(2)21(3,25)14-10-16-13(9-19(14)27-20)15(6-7-22-16)24-12-4-5-18-17(8-12)23-11-26-18/h4-11,25H,1-3H3,(H,22,24). The Morgan fingerprint density at radius 2 is 1.85 bits per heavy atom. The smallest absolute Gasteiger partial charge is 0.102 e. The van der Waals surface area contributed by atoms with Crippen molar-refractivity contribution in [3.05, 3.63) is 53.7 Å². The Kier molecular flexibility index (Phi) is 3.57. The number of hydrogen-bond acceptors (Lipinski definition) is 6. The Balaban J connectivity index is 1.62. The lowest BCUT2D eigenvalue weighted by Crippen LogP contribution is -2.38. The molecule has 0 saturated carbocycles. The molecule has 0 radical (unpaired) electrons. The molecule has 3 heterocycles. The van der Waals surface area contributed by atoms with Crippen LogP contribution in [0.5, 0.6) is 0 Å². The van der Waals surface area contributed by atoms with Crippen LogP contribution in [0.15, 0.2) is 53.0 Å². The lowest BCUT2D eigenvalue weighted by Gasteiger charge is -2.32. The van der Waals surface area contributed by atoms with Gasteiger partial charge in [-0.1, -0.05) is 0 Å². The second-order valence-corrected chi connectivity index (χ2v) is 10.1. The fraction of sp³-hybridized carbons (Fsp3) is 0.238. The van der Waals surface area contributed by atoms with Crippen LogP contribution in [0.4, 0.5) is 11.4 Å². The molecule has 1 aliphatic rings. The summed E-state index contributed by atoms with van der Waals surface area (Å²) in [6.45, 7) is 6.05. The number of nitrogens with zero attached hydrogens (tertiary/aromatic N) is 2. The van der Waals surface area contributed by atoms with Crippen molar-refractivity contribution in [2.24, 2.45) is 0 Å². The first kappa shape index (κ1) is 17.0. The van der Waals surface area contributed by atoms with Gasteiger partial charge in [0.25, 0.3) is 0 Å². The average molecular weight is 394 g/mol. The minimum Gasteiger partial charge on any atom is -0.384 e. The highest BCUT2D eigenvalue weighted by molar-refractivity contribution is 8.01. The van der Waals surface area contributed by atoms with Gasteiger partial charge >= 0.3 is 0 Å². The number of nitrogens with one attached hydrogen (secondary N) is 1. The largest absolute Gasteiger partial charge is 0.384 e. The van der Waals surface area contributed by atoms with Gasteiger partial charge in [0, 0.05) is 38.2 Å². The summed E-state index contributed by atoms with van der Waals surface area (Å²) >= 11 is 3.36. The Morgan fingerprint density at radius 3 is 2.70 bits per heavy atom. The van der Waals surface area contributed by atoms with Crippen LogP contribution in [0.25, 0.3) is 21.1 Å². The van der Waals surface area contributed by atoms with Crippen LogP contribution in [0.2, 0.25) is 0 Å². The Morgan fingerprint density at radius 1 is 1.00 bits per heavy atom. The molecule has 6 heteroatoms. The molecule has 0 bridgehead atoms. The first-order valence-corrected chi connectivity index (χ1v) is 10.5. The van der Waals surface area contributed by atoms with Crippen LogP contribution in [0, 0.1) is 0 Å². The highest BCUT2D eigenvalue weighted by atomic mass is 32.2. The van der Waals surface area contributed by atoms with E-state index < -0.39 is 5.60 Å². The van der Waals surface area contributed by atoms with Crippen molar-refractivity contribution in [1.29, 1.82) is 0 Å². The van der Waals surface area contributed by atoms with Crippen LogP contribution >= 0.6 is 23.1 Å². The van der Waals surface area contributed by atoms with Gasteiger partial charge in [0.15, 0.2) is 0 Å². The zero-order valence-electron chi connectivity index (χ0n) is 15.3. The third-order valence-electron chi connectivity index (χ3n) is 5.51. The van der Waals surface area contributed by atoms with Crippen molar-refractivity contribution in [2.45, 2.75) is 36.0 Å². The van der Waals surface area contributed by atoms with Gasteiger partial charge in [0.1, 0.15) is 5.60 Å². The second-order valence-electron chi connectivity index (χ2n) is 7.57. The van der Waals surface area contributed by atoms with Crippen LogP contribution in [0.3, 0.4) is 0 Å². The van der Waals surface area contributed by atoms with Crippen molar-refractivity contribution in [3.8, 4) is 0 Å². The molecule has 27 heavy (non-hydrogen) atoms. The molecule has 4 nitrogen and oxygen atoms in total. The SMILES string of the molecule is CC1(C)Sc2cc3c(Nc4ccc5scnc5c4)ccnc3cc2C1(C)O. The lowest BCUT2D eigenvalue weighted by molar-refractivity contribution is 0.0288. The van der Waals surface area contributed by atoms with Crippen molar-refractivity contribution in [3.63, 3.8) is 0 Å². The fourth-order valence-electron chi connectivity index (χ4n) is 3.54. The maximum Gasteiger partial charge on any atom is 0.102 e. The van der Waals surface area contributed by atoms with E-state index in [2.05, 4.69) is 53.4 Å². The molecule has 0 saturated heterocycles. The molecular formula is C21H19N3OS2. The molecule has 2 aromatic heterocycles. The molecule has 4 aromatic rings. The highest BCUT2D eigenvalue weighted by Gasteiger charge is 2.49. The van der Waals surface area contributed by atoms with Crippen molar-refractivity contribution in [1.82, 2.24) is 9.97 Å². The number of fused-ring (bicyclic) bond motifs is 3. The summed E-state index contributed by atoms with van der Waals surface area (Å²) in [5, 5.41) is 15.6. The van der Waals surface area contributed by atoms with Gasteiger partial charge in [-0.2, -0.15) is 0 Å². The third kappa shape index (κ3) is 2.55. The number of pyridine rings is 1. The van der Waals surface area contributed by atoms with E-state index in [0.717, 1.165) is 38.3 Å². The molecule has 0 amide bonds. The van der Waals surface area contributed by atoms with E-state index in [0.29, 0.717) is 0 Å². The van der Waals surface area contributed by atoms with Gasteiger partial charge < -0.3 is 10.4 Å². The molecule has 136 valence electrons. The van der Waals surface area contributed by atoms with Crippen molar-refractivity contribution >= 4 is 55.6 Å². The van der Waals surface area contributed by atoms with Crippen molar-refractivity contribution < 1.29 is 5.11 Å². The summed E-state index contributed by atoms with van der Waals surface area (Å²) in [5.74, 6) is 0. The summed E-state index contributed by atoms with van der Waals surface area (Å²) in [7, 11) is 0. The molecule has 2 N–H and O–H groups in total. The zero-order chi connectivity index (χ0) is 18.8. The highest BCUT2D eigenvalue weighted by Crippen LogP contribution is 2.56. The first-order valence-electron chi connectivity index (χ1n) is 8.80. The minimum atomic E-state index is -0.887. The fourth-order valence-corrected chi connectivity index (χ4v) is 5.60. The van der Waals surface area contributed by atoms with E-state index in [4.69, 9.17) is 0 Å². The summed E-state index contributed by atoms with van der Waals surface area (Å²) < 4.78 is 0.898. The minimum absolute atomic E-state index is 0.282. The van der Waals surface area contributed by atoms with E-state index in [1.807, 2.05) is 24.6 Å². The summed E-state index contributed by atoms with van der Waals surface area (Å²) in [5.41, 5.74) is 5.82. The van der Waals surface area contributed by atoms with Crippen LogP contribution in [0.1, 0.15) is 26.3 Å². The molecule has 0 aliphatic carbocycles. The van der Waals surface area contributed by atoms with Gasteiger partial charge in [-0.15, -0.1) is 23.1 Å². The van der Waals surface area contributed by atoms with Crippen LogP contribution in [-0.2, 0) is 5.60 Å². The predicted molar refractivity (Wildman–Crippen MR) is 114 cm³/mol. The van der Waals surface area contributed by atoms with E-state index in [1.165, 1.54) is 4.70 Å². The molecule has 0 fully saturated rings. The number of benzene rings is 2. The number of anilines is 2. The Bertz CT molecular complexity index is 1200. The Hall–Kier alpha value is -2.15. The predicted octanol–water partition coefficient (Wildman–Crippen LogP) is 5.68. The van der Waals surface area contributed by atoms with E-state index >= 15 is 0 Å². The van der Waals surface area contributed by atoms with Gasteiger partial charge in [-0.05, 0) is 57.2 Å². The number of rotatable bonds is 2. The zero-order valence-corrected chi connectivity index (χ0v) is 16.9. The number of thiazole rings is 1. The molecular weight excluding hydrogens is 374 g/mol. The number of aromatic nitrogens is 2. The maximum absolute atomic E-state index is 11.0. The van der Waals surface area contributed by atoms with Crippen LogP contribution in [-0.4, -0.2) is 19.8 Å². The first-order chi connectivity index (χ1) is 12.8. The lowest BCUT2D eigenvalue weighted by atomic mass is 9.84.